The molecule has 28 heavy (non-hydrogen) atoms. The van der Waals surface area contributed by atoms with Gasteiger partial charge >= 0.3 is 0 Å². The molecule has 1 aliphatic rings. The van der Waals surface area contributed by atoms with Crippen molar-refractivity contribution < 1.29 is 23.5 Å². The maximum Gasteiger partial charge on any atom is 0.291 e. The Morgan fingerprint density at radius 1 is 1.04 bits per heavy atom. The molecule has 0 unspecified atom stereocenters. The van der Waals surface area contributed by atoms with E-state index in [4.69, 9.17) is 13.9 Å². The number of nitrogens with one attached hydrogen (secondary N) is 1. The molecule has 1 aromatic heterocycles. The van der Waals surface area contributed by atoms with E-state index in [0.29, 0.717) is 54.3 Å². The zero-order valence-corrected chi connectivity index (χ0v) is 15.4. The van der Waals surface area contributed by atoms with E-state index in [0.717, 1.165) is 0 Å². The van der Waals surface area contributed by atoms with Crippen LogP contribution in [0.2, 0.25) is 0 Å². The molecule has 1 saturated heterocycles. The zero-order valence-electron chi connectivity index (χ0n) is 15.4. The number of para-hydroxylation sites is 1. The Bertz CT molecular complexity index is 1000. The third-order valence-electron chi connectivity index (χ3n) is 4.68. The molecule has 0 bridgehead atoms. The van der Waals surface area contributed by atoms with Crippen LogP contribution in [0.5, 0.6) is 5.75 Å². The fraction of sp³-hybridized carbons (Fsp3) is 0.238. The van der Waals surface area contributed by atoms with Crippen LogP contribution in [0.4, 0.5) is 5.69 Å². The molecular weight excluding hydrogens is 360 g/mol. The van der Waals surface area contributed by atoms with Crippen LogP contribution in [0.25, 0.3) is 11.0 Å². The van der Waals surface area contributed by atoms with Gasteiger partial charge in [0.2, 0.25) is 5.76 Å². The fourth-order valence-corrected chi connectivity index (χ4v) is 3.16. The molecule has 0 aliphatic carbocycles. The van der Waals surface area contributed by atoms with Crippen molar-refractivity contribution in [3.8, 4) is 5.75 Å². The maximum absolute atomic E-state index is 13.0. The van der Waals surface area contributed by atoms with Gasteiger partial charge in [0.05, 0.1) is 20.3 Å². The molecule has 0 saturated carbocycles. The lowest BCUT2D eigenvalue weighted by atomic mass is 10.1. The summed E-state index contributed by atoms with van der Waals surface area (Å²) in [5, 5.41) is 3.54. The molecule has 4 rings (SSSR count). The van der Waals surface area contributed by atoms with Gasteiger partial charge in [-0.05, 0) is 36.4 Å². The number of hydrogen-bond donors (Lipinski definition) is 1. The number of anilines is 1. The Morgan fingerprint density at radius 2 is 1.75 bits per heavy atom. The largest absolute Gasteiger partial charge is 0.497 e. The van der Waals surface area contributed by atoms with E-state index in [1.165, 1.54) is 0 Å². The summed E-state index contributed by atoms with van der Waals surface area (Å²) in [6, 6.07) is 14.0. The summed E-state index contributed by atoms with van der Waals surface area (Å²) in [5.41, 5.74) is 1.38. The van der Waals surface area contributed by atoms with Crippen molar-refractivity contribution in [1.82, 2.24) is 4.90 Å². The molecule has 7 nitrogen and oxygen atoms in total. The molecule has 2 aromatic carbocycles. The van der Waals surface area contributed by atoms with Gasteiger partial charge in [0, 0.05) is 24.0 Å². The van der Waals surface area contributed by atoms with E-state index in [1.54, 1.807) is 42.3 Å². The van der Waals surface area contributed by atoms with E-state index in [1.807, 2.05) is 18.2 Å². The molecule has 1 N–H and O–H groups in total. The quantitative estimate of drug-likeness (QED) is 0.752. The van der Waals surface area contributed by atoms with Gasteiger partial charge in [-0.25, -0.2) is 0 Å². The molecule has 0 spiro atoms. The highest BCUT2D eigenvalue weighted by molar-refractivity contribution is 6.14. The highest BCUT2D eigenvalue weighted by Crippen LogP contribution is 2.32. The number of ether oxygens (including phenoxy) is 2. The number of carbonyl (C=O) groups is 2. The van der Waals surface area contributed by atoms with E-state index in [2.05, 4.69) is 5.32 Å². The Kier molecular flexibility index (Phi) is 4.99. The third kappa shape index (κ3) is 3.44. The monoisotopic (exact) mass is 380 g/mol. The Hall–Kier alpha value is -3.32. The average Bonchev–Trinajstić information content (AvgIpc) is 3.12. The van der Waals surface area contributed by atoms with Crippen LogP contribution in [0.1, 0.15) is 20.9 Å². The van der Waals surface area contributed by atoms with Gasteiger partial charge in [0.1, 0.15) is 17.0 Å². The second-order valence-electron chi connectivity index (χ2n) is 6.39. The Morgan fingerprint density at radius 3 is 2.46 bits per heavy atom. The molecule has 2 amide bonds. The number of amides is 2. The number of carbonyl (C=O) groups excluding carboxylic acids is 2. The van der Waals surface area contributed by atoms with E-state index in [-0.39, 0.29) is 17.6 Å². The molecule has 2 heterocycles. The van der Waals surface area contributed by atoms with Crippen molar-refractivity contribution >= 4 is 28.5 Å². The first kappa shape index (κ1) is 18.1. The molecule has 144 valence electrons. The fourth-order valence-electron chi connectivity index (χ4n) is 3.16. The van der Waals surface area contributed by atoms with Gasteiger partial charge < -0.3 is 24.1 Å². The van der Waals surface area contributed by atoms with Crippen LogP contribution in [-0.2, 0) is 4.74 Å². The van der Waals surface area contributed by atoms with Crippen LogP contribution in [0, 0.1) is 0 Å². The van der Waals surface area contributed by atoms with Gasteiger partial charge in [-0.2, -0.15) is 0 Å². The minimum Gasteiger partial charge on any atom is -0.497 e. The molecular formula is C21H20N2O5. The lowest BCUT2D eigenvalue weighted by Crippen LogP contribution is -2.40. The number of nitrogens with zero attached hydrogens (tertiary/aromatic N) is 1. The van der Waals surface area contributed by atoms with Crippen LogP contribution in [-0.4, -0.2) is 50.1 Å². The van der Waals surface area contributed by atoms with E-state index < -0.39 is 0 Å². The van der Waals surface area contributed by atoms with Crippen LogP contribution < -0.4 is 10.1 Å². The smallest absolute Gasteiger partial charge is 0.291 e. The normalized spacial score (nSPS) is 14.1. The SMILES string of the molecule is COc1ccc(C(=O)Nc2c(C(=O)N3CCOCC3)oc3ccccc23)cc1. The second-order valence-corrected chi connectivity index (χ2v) is 6.39. The van der Waals surface area contributed by atoms with Gasteiger partial charge in [0.15, 0.2) is 0 Å². The maximum atomic E-state index is 13.0. The second kappa shape index (κ2) is 7.74. The summed E-state index contributed by atoms with van der Waals surface area (Å²) >= 11 is 0. The lowest BCUT2D eigenvalue weighted by Gasteiger charge is -2.26. The third-order valence-corrected chi connectivity index (χ3v) is 4.68. The highest BCUT2D eigenvalue weighted by Gasteiger charge is 2.27. The summed E-state index contributed by atoms with van der Waals surface area (Å²) < 4.78 is 16.3. The Balaban J connectivity index is 1.68. The number of fused-ring (bicyclic) bond motifs is 1. The minimum atomic E-state index is -0.328. The summed E-state index contributed by atoms with van der Waals surface area (Å²) in [6.45, 7) is 1.95. The highest BCUT2D eigenvalue weighted by atomic mass is 16.5. The minimum absolute atomic E-state index is 0.130. The first-order valence-electron chi connectivity index (χ1n) is 9.01. The predicted molar refractivity (Wildman–Crippen MR) is 104 cm³/mol. The lowest BCUT2D eigenvalue weighted by molar-refractivity contribution is 0.0285. The molecule has 0 atom stereocenters. The summed E-state index contributed by atoms with van der Waals surface area (Å²) in [4.78, 5) is 27.4. The predicted octanol–water partition coefficient (Wildman–Crippen LogP) is 3.17. The van der Waals surface area contributed by atoms with E-state index in [9.17, 15) is 9.59 Å². The van der Waals surface area contributed by atoms with Gasteiger partial charge in [0.25, 0.3) is 11.8 Å². The number of morpholine rings is 1. The summed E-state index contributed by atoms with van der Waals surface area (Å²) in [5.74, 6) is 0.202. The Labute approximate surface area is 161 Å². The van der Waals surface area contributed by atoms with Crippen molar-refractivity contribution in [3.63, 3.8) is 0 Å². The standard InChI is InChI=1S/C21H20N2O5/c1-26-15-8-6-14(7-9-15)20(24)22-18-16-4-2-3-5-17(16)28-19(18)21(25)23-10-12-27-13-11-23/h2-9H,10-13H2,1H3,(H,22,24). The molecule has 1 fully saturated rings. The van der Waals surface area contributed by atoms with Crippen molar-refractivity contribution in [2.75, 3.05) is 38.7 Å². The van der Waals surface area contributed by atoms with Crippen molar-refractivity contribution in [2.45, 2.75) is 0 Å². The summed E-state index contributed by atoms with van der Waals surface area (Å²) in [6.07, 6.45) is 0. The first-order chi connectivity index (χ1) is 13.7. The number of hydrogen-bond acceptors (Lipinski definition) is 5. The topological polar surface area (TPSA) is 81.0 Å². The first-order valence-corrected chi connectivity index (χ1v) is 9.01. The number of furan rings is 1. The number of benzene rings is 2. The molecule has 1 aliphatic heterocycles. The van der Waals surface area contributed by atoms with Crippen LogP contribution in [0.15, 0.2) is 52.9 Å². The van der Waals surface area contributed by atoms with Crippen molar-refractivity contribution in [2.24, 2.45) is 0 Å². The van der Waals surface area contributed by atoms with Crippen molar-refractivity contribution in [1.29, 1.82) is 0 Å². The number of rotatable bonds is 4. The van der Waals surface area contributed by atoms with Crippen LogP contribution in [0.3, 0.4) is 0 Å². The molecule has 0 radical (unpaired) electrons. The molecule has 7 heteroatoms. The van der Waals surface area contributed by atoms with Gasteiger partial charge in [-0.1, -0.05) is 12.1 Å². The summed E-state index contributed by atoms with van der Waals surface area (Å²) in [7, 11) is 1.57. The van der Waals surface area contributed by atoms with Gasteiger partial charge in [-0.15, -0.1) is 0 Å². The average molecular weight is 380 g/mol. The number of methoxy groups -OCH3 is 1. The van der Waals surface area contributed by atoms with E-state index >= 15 is 0 Å². The van der Waals surface area contributed by atoms with Crippen LogP contribution >= 0.6 is 0 Å². The molecule has 3 aromatic rings. The zero-order chi connectivity index (χ0) is 19.5. The van der Waals surface area contributed by atoms with Crippen molar-refractivity contribution in [3.05, 3.63) is 59.9 Å². The van der Waals surface area contributed by atoms with Gasteiger partial charge in [-0.3, -0.25) is 9.59 Å².